The Morgan fingerprint density at radius 1 is 1.32 bits per heavy atom. The number of nitrogens with two attached hydrogens (primary N) is 1. The summed E-state index contributed by atoms with van der Waals surface area (Å²) in [6.07, 6.45) is -0.587. The third kappa shape index (κ3) is 4.71. The Morgan fingerprint density at radius 2 is 2.08 bits per heavy atom. The normalized spacial score (nSPS) is 10.7. The molecule has 2 aromatic rings. The van der Waals surface area contributed by atoms with Crippen molar-refractivity contribution in [2.45, 2.75) is 6.92 Å². The van der Waals surface area contributed by atoms with E-state index in [1.807, 2.05) is 6.92 Å². The van der Waals surface area contributed by atoms with Crippen LogP contribution in [0.15, 0.2) is 31.9 Å². The topological polar surface area (TPSA) is 104 Å². The van der Waals surface area contributed by atoms with Crippen molar-refractivity contribution < 1.29 is 23.4 Å². The molecule has 25 heavy (non-hydrogen) atoms. The summed E-state index contributed by atoms with van der Waals surface area (Å²) >= 11 is 3.37. The summed E-state index contributed by atoms with van der Waals surface area (Å²) in [4.78, 5) is 25.5. The maximum atomic E-state index is 12.2. The molecule has 0 radical (unpaired) electrons. The number of hydrogen-bond acceptors (Lipinski definition) is 7. The molecule has 8 nitrogen and oxygen atoms in total. The fourth-order valence-electron chi connectivity index (χ4n) is 2.14. The molecule has 1 amide bonds. The molecule has 0 aliphatic carbocycles. The first kappa shape index (κ1) is 19.2. The second kappa shape index (κ2) is 8.84. The highest BCUT2D eigenvalue weighted by molar-refractivity contribution is 9.10. The molecule has 0 saturated carbocycles. The lowest BCUT2D eigenvalue weighted by molar-refractivity contribution is 0.0506. The highest BCUT2D eigenvalue weighted by Gasteiger charge is 2.18. The van der Waals surface area contributed by atoms with E-state index in [4.69, 9.17) is 24.4 Å². The van der Waals surface area contributed by atoms with Crippen molar-refractivity contribution in [3.8, 4) is 11.5 Å². The summed E-state index contributed by atoms with van der Waals surface area (Å²) in [5.41, 5.74) is 5.07. The van der Waals surface area contributed by atoms with Crippen molar-refractivity contribution in [2.24, 2.45) is 5.73 Å². The summed E-state index contributed by atoms with van der Waals surface area (Å²) in [7, 11) is 1.49. The molecule has 136 valence electrons. The lowest BCUT2D eigenvalue weighted by Crippen LogP contribution is -2.37. The molecule has 0 unspecified atom stereocenters. The van der Waals surface area contributed by atoms with Crippen LogP contribution in [0.2, 0.25) is 0 Å². The Bertz CT molecular complexity index is 807. The van der Waals surface area contributed by atoms with E-state index in [-0.39, 0.29) is 18.1 Å². The highest BCUT2D eigenvalue weighted by Crippen LogP contribution is 2.34. The Hall–Kier alpha value is -2.10. The third-order valence-corrected chi connectivity index (χ3v) is 3.95. The quantitative estimate of drug-likeness (QED) is 0.547. The lowest BCUT2D eigenvalue weighted by Gasteiger charge is -2.19. The van der Waals surface area contributed by atoms with Crippen LogP contribution < -0.4 is 20.8 Å². The van der Waals surface area contributed by atoms with Gasteiger partial charge in [-0.3, -0.25) is 0 Å². The van der Waals surface area contributed by atoms with Gasteiger partial charge in [-0.2, -0.15) is 0 Å². The number of benzene rings is 1. The lowest BCUT2D eigenvalue weighted by atomic mass is 10.2. The van der Waals surface area contributed by atoms with Gasteiger partial charge in [0.2, 0.25) is 0 Å². The first-order valence-corrected chi connectivity index (χ1v) is 8.35. The van der Waals surface area contributed by atoms with Gasteiger partial charge in [-0.1, -0.05) is 0 Å². The molecular formula is C16H19BrN2O6. The summed E-state index contributed by atoms with van der Waals surface area (Å²) < 4.78 is 21.4. The van der Waals surface area contributed by atoms with Gasteiger partial charge >= 0.3 is 11.7 Å². The predicted octanol–water partition coefficient (Wildman–Crippen LogP) is 2.32. The SMILES string of the molecule is CCN(CCN)C(=O)Oc1cc(=O)oc2cc(OCOC)c(Br)cc12. The predicted molar refractivity (Wildman–Crippen MR) is 95.0 cm³/mol. The third-order valence-electron chi connectivity index (χ3n) is 3.33. The van der Waals surface area contributed by atoms with E-state index in [2.05, 4.69) is 15.9 Å². The van der Waals surface area contributed by atoms with Crippen molar-refractivity contribution in [3.05, 3.63) is 33.1 Å². The van der Waals surface area contributed by atoms with Gasteiger partial charge in [0.05, 0.1) is 15.9 Å². The molecule has 2 rings (SSSR count). The number of halogens is 1. The standard InChI is InChI=1S/C16H19BrN2O6/c1-3-19(5-4-18)16(21)25-13-8-15(20)24-12-7-14(23-9-22-2)11(17)6-10(12)13/h6-8H,3-5,9,18H2,1-2H3. The Balaban J connectivity index is 2.41. The zero-order valence-electron chi connectivity index (χ0n) is 13.9. The number of likely N-dealkylation sites (N-methyl/N-ethyl adjacent to an activating group) is 1. The Morgan fingerprint density at radius 3 is 2.72 bits per heavy atom. The van der Waals surface area contributed by atoms with Crippen molar-refractivity contribution in [2.75, 3.05) is 33.5 Å². The number of carbonyl (C=O) groups is 1. The summed E-state index contributed by atoms with van der Waals surface area (Å²) in [5.74, 6) is 0.532. The fourth-order valence-corrected chi connectivity index (χ4v) is 2.60. The molecule has 0 fully saturated rings. The largest absolute Gasteiger partial charge is 0.466 e. The van der Waals surface area contributed by atoms with Crippen molar-refractivity contribution in [1.82, 2.24) is 4.90 Å². The van der Waals surface area contributed by atoms with Crippen molar-refractivity contribution >= 4 is 33.0 Å². The smallest absolute Gasteiger partial charge is 0.415 e. The van der Waals surface area contributed by atoms with Crippen LogP contribution in [0.3, 0.4) is 0 Å². The molecular weight excluding hydrogens is 396 g/mol. The minimum absolute atomic E-state index is 0.0353. The summed E-state index contributed by atoms with van der Waals surface area (Å²) in [6, 6.07) is 4.29. The maximum Gasteiger partial charge on any atom is 0.415 e. The molecule has 1 heterocycles. The molecule has 0 aliphatic heterocycles. The van der Waals surface area contributed by atoms with Crippen LogP contribution in [0.5, 0.6) is 11.5 Å². The van der Waals surface area contributed by atoms with Crippen LogP contribution in [0.4, 0.5) is 4.79 Å². The van der Waals surface area contributed by atoms with Gasteiger partial charge in [-0.05, 0) is 28.9 Å². The second-order valence-corrected chi connectivity index (χ2v) is 5.85. The Labute approximate surface area is 152 Å². The van der Waals surface area contributed by atoms with E-state index in [9.17, 15) is 9.59 Å². The molecule has 1 aromatic heterocycles. The van der Waals surface area contributed by atoms with Gasteiger partial charge in [-0.15, -0.1) is 0 Å². The van der Waals surface area contributed by atoms with Crippen LogP contribution in [0.25, 0.3) is 11.0 Å². The summed E-state index contributed by atoms with van der Waals surface area (Å²) in [6.45, 7) is 2.95. The van der Waals surface area contributed by atoms with Crippen LogP contribution in [-0.2, 0) is 4.74 Å². The molecule has 1 aromatic carbocycles. The van der Waals surface area contributed by atoms with Crippen LogP contribution >= 0.6 is 15.9 Å². The number of hydrogen-bond donors (Lipinski definition) is 1. The average Bonchev–Trinajstić information content (AvgIpc) is 2.58. The monoisotopic (exact) mass is 414 g/mol. The number of rotatable bonds is 7. The molecule has 2 N–H and O–H groups in total. The highest BCUT2D eigenvalue weighted by atomic mass is 79.9. The number of amides is 1. The average molecular weight is 415 g/mol. The fraction of sp³-hybridized carbons (Fsp3) is 0.375. The van der Waals surface area contributed by atoms with E-state index in [1.54, 1.807) is 6.07 Å². The first-order valence-electron chi connectivity index (χ1n) is 7.56. The van der Waals surface area contributed by atoms with Crippen molar-refractivity contribution in [3.63, 3.8) is 0 Å². The Kier molecular flexibility index (Phi) is 6.80. The van der Waals surface area contributed by atoms with Gasteiger partial charge in [0.15, 0.2) is 12.5 Å². The molecule has 9 heteroatoms. The maximum absolute atomic E-state index is 12.2. The molecule has 0 aliphatic rings. The van der Waals surface area contributed by atoms with Gasteiger partial charge in [0.25, 0.3) is 0 Å². The van der Waals surface area contributed by atoms with Gasteiger partial charge in [0.1, 0.15) is 11.3 Å². The minimum atomic E-state index is -0.641. The number of carbonyl (C=O) groups excluding carboxylic acids is 1. The van der Waals surface area contributed by atoms with Crippen LogP contribution in [-0.4, -0.2) is 44.5 Å². The number of ether oxygens (including phenoxy) is 3. The van der Waals surface area contributed by atoms with Crippen LogP contribution in [0.1, 0.15) is 6.92 Å². The number of fused-ring (bicyclic) bond motifs is 1. The first-order chi connectivity index (χ1) is 12.0. The number of methoxy groups -OCH3 is 1. The van der Waals surface area contributed by atoms with Gasteiger partial charge < -0.3 is 29.3 Å². The van der Waals surface area contributed by atoms with Gasteiger partial charge in [-0.25, -0.2) is 9.59 Å². The molecule has 0 saturated heterocycles. The number of nitrogens with zero attached hydrogens (tertiary/aromatic N) is 1. The van der Waals surface area contributed by atoms with E-state index in [0.29, 0.717) is 35.2 Å². The second-order valence-electron chi connectivity index (χ2n) is 5.00. The molecule has 0 atom stereocenters. The van der Waals surface area contributed by atoms with E-state index in [0.717, 1.165) is 6.07 Å². The zero-order chi connectivity index (χ0) is 18.4. The van der Waals surface area contributed by atoms with Crippen molar-refractivity contribution in [1.29, 1.82) is 0 Å². The zero-order valence-corrected chi connectivity index (χ0v) is 15.5. The van der Waals surface area contributed by atoms with Gasteiger partial charge in [0, 0.05) is 32.8 Å². The molecule has 0 bridgehead atoms. The van der Waals surface area contributed by atoms with E-state index >= 15 is 0 Å². The van der Waals surface area contributed by atoms with E-state index < -0.39 is 11.7 Å². The van der Waals surface area contributed by atoms with Crippen LogP contribution in [0, 0.1) is 0 Å². The summed E-state index contributed by atoms with van der Waals surface area (Å²) in [5, 5.41) is 0.452. The van der Waals surface area contributed by atoms with E-state index in [1.165, 1.54) is 18.1 Å². The minimum Gasteiger partial charge on any atom is -0.466 e. The molecule has 0 spiro atoms.